The van der Waals surface area contributed by atoms with Crippen molar-refractivity contribution in [3.05, 3.63) is 30.1 Å². The van der Waals surface area contributed by atoms with Gasteiger partial charge in [0.25, 0.3) is 5.91 Å². The van der Waals surface area contributed by atoms with Crippen LogP contribution in [-0.4, -0.2) is 47.7 Å². The van der Waals surface area contributed by atoms with Gasteiger partial charge in [-0.2, -0.15) is 0 Å². The second-order valence-electron chi connectivity index (χ2n) is 5.96. The van der Waals surface area contributed by atoms with Gasteiger partial charge in [0.05, 0.1) is 6.42 Å². The Kier molecular flexibility index (Phi) is 8.31. The molecule has 0 aliphatic heterocycles. The first-order valence-corrected chi connectivity index (χ1v) is 7.98. The SMILES string of the molecule is CC(C)[C@H](OC(=O)Nc1ccc(F)cc1)C(=O)NC(CC(=O)O)C(=O)CF. The summed E-state index contributed by atoms with van der Waals surface area (Å²) in [5, 5.41) is 13.2. The molecule has 0 fully saturated rings. The van der Waals surface area contributed by atoms with Crippen molar-refractivity contribution in [3.8, 4) is 0 Å². The van der Waals surface area contributed by atoms with Crippen LogP contribution in [-0.2, 0) is 19.1 Å². The molecule has 1 aromatic rings. The maximum absolute atomic E-state index is 12.9. The van der Waals surface area contributed by atoms with Crippen LogP contribution in [0.25, 0.3) is 0 Å². The second-order valence-corrected chi connectivity index (χ2v) is 5.96. The minimum absolute atomic E-state index is 0.223. The zero-order valence-corrected chi connectivity index (χ0v) is 14.7. The molecule has 3 N–H and O–H groups in total. The highest BCUT2D eigenvalue weighted by atomic mass is 19.1. The number of Topliss-reactive ketones (excluding diaryl/α,β-unsaturated/α-hetero) is 1. The Hall–Kier alpha value is -3.04. The molecule has 0 aliphatic rings. The number of benzene rings is 1. The van der Waals surface area contributed by atoms with Crippen molar-refractivity contribution in [1.29, 1.82) is 0 Å². The number of nitrogens with one attached hydrogen (secondary N) is 2. The number of carbonyl (C=O) groups is 4. The van der Waals surface area contributed by atoms with E-state index in [4.69, 9.17) is 9.84 Å². The lowest BCUT2D eigenvalue weighted by molar-refractivity contribution is -0.141. The fourth-order valence-electron chi connectivity index (χ4n) is 2.06. The number of carboxylic acids is 1. The van der Waals surface area contributed by atoms with Crippen LogP contribution >= 0.6 is 0 Å². The molecule has 0 bridgehead atoms. The molecule has 0 aromatic heterocycles. The molecular formula is C17H20F2N2O6. The number of carbonyl (C=O) groups excluding carboxylic acids is 3. The van der Waals surface area contributed by atoms with Crippen molar-refractivity contribution in [2.45, 2.75) is 32.4 Å². The molecule has 1 unspecified atom stereocenters. The summed E-state index contributed by atoms with van der Waals surface area (Å²) in [6.07, 6.45) is -3.18. The lowest BCUT2D eigenvalue weighted by atomic mass is 10.0. The Bertz CT molecular complexity index is 693. The van der Waals surface area contributed by atoms with E-state index in [9.17, 15) is 28.0 Å². The van der Waals surface area contributed by atoms with Crippen LogP contribution in [0.1, 0.15) is 20.3 Å². The highest BCUT2D eigenvalue weighted by molar-refractivity contribution is 5.94. The summed E-state index contributed by atoms with van der Waals surface area (Å²) in [7, 11) is 0. The summed E-state index contributed by atoms with van der Waals surface area (Å²) in [5.41, 5.74) is 0.223. The average Bonchev–Trinajstić information content (AvgIpc) is 2.59. The zero-order valence-electron chi connectivity index (χ0n) is 14.7. The number of rotatable bonds is 9. The molecule has 1 aromatic carbocycles. The number of halogens is 2. The van der Waals surface area contributed by atoms with E-state index in [1.54, 1.807) is 13.8 Å². The van der Waals surface area contributed by atoms with Crippen molar-refractivity contribution in [2.75, 3.05) is 12.0 Å². The van der Waals surface area contributed by atoms with E-state index < -0.39 is 60.7 Å². The predicted molar refractivity (Wildman–Crippen MR) is 90.3 cm³/mol. The normalized spacial score (nSPS) is 12.8. The van der Waals surface area contributed by atoms with Crippen LogP contribution in [0.15, 0.2) is 24.3 Å². The standard InChI is InChI=1S/C17H20F2N2O6/c1-9(2)15(16(25)21-12(7-14(23)24)13(22)8-18)27-17(26)20-11-5-3-10(19)4-6-11/h3-6,9,12,15H,7-8H2,1-2H3,(H,20,26)(H,21,25)(H,23,24)/t12?,15-/m0/s1. The minimum atomic E-state index is -1.58. The van der Waals surface area contributed by atoms with Crippen LogP contribution in [0.3, 0.4) is 0 Å². The van der Waals surface area contributed by atoms with Crippen LogP contribution < -0.4 is 10.6 Å². The van der Waals surface area contributed by atoms with Gasteiger partial charge in [-0.15, -0.1) is 0 Å². The summed E-state index contributed by atoms with van der Waals surface area (Å²) in [4.78, 5) is 46.5. The maximum Gasteiger partial charge on any atom is 0.412 e. The molecule has 0 saturated carbocycles. The molecule has 1 rings (SSSR count). The number of anilines is 1. The van der Waals surface area contributed by atoms with E-state index in [1.165, 1.54) is 12.1 Å². The van der Waals surface area contributed by atoms with E-state index in [0.717, 1.165) is 12.1 Å². The van der Waals surface area contributed by atoms with Crippen LogP contribution in [0.2, 0.25) is 0 Å². The smallest absolute Gasteiger partial charge is 0.412 e. The molecule has 0 spiro atoms. The molecule has 0 aliphatic carbocycles. The lowest BCUT2D eigenvalue weighted by Crippen LogP contribution is -2.49. The number of aliphatic carboxylic acids is 1. The molecule has 148 valence electrons. The summed E-state index contributed by atoms with van der Waals surface area (Å²) in [5.74, 6) is -4.49. The minimum Gasteiger partial charge on any atom is -0.481 e. The Labute approximate surface area is 153 Å². The van der Waals surface area contributed by atoms with Gasteiger partial charge < -0.3 is 15.2 Å². The number of amides is 2. The highest BCUT2D eigenvalue weighted by Crippen LogP contribution is 2.12. The fourth-order valence-corrected chi connectivity index (χ4v) is 2.06. The topological polar surface area (TPSA) is 122 Å². The summed E-state index contributed by atoms with van der Waals surface area (Å²) < 4.78 is 30.4. The van der Waals surface area contributed by atoms with Gasteiger partial charge in [0.2, 0.25) is 0 Å². The van der Waals surface area contributed by atoms with E-state index in [1.807, 2.05) is 0 Å². The molecule has 2 atom stereocenters. The third kappa shape index (κ3) is 7.38. The van der Waals surface area contributed by atoms with Crippen molar-refractivity contribution in [1.82, 2.24) is 5.32 Å². The monoisotopic (exact) mass is 386 g/mol. The van der Waals surface area contributed by atoms with E-state index in [0.29, 0.717) is 0 Å². The van der Waals surface area contributed by atoms with Crippen molar-refractivity contribution < 1.29 is 37.8 Å². The number of hydrogen-bond acceptors (Lipinski definition) is 5. The quantitative estimate of drug-likeness (QED) is 0.596. The average molecular weight is 386 g/mol. The summed E-state index contributed by atoms with van der Waals surface area (Å²) in [6.45, 7) is 1.66. The fraction of sp³-hybridized carbons (Fsp3) is 0.412. The van der Waals surface area contributed by atoms with Gasteiger partial charge in [-0.05, 0) is 30.2 Å². The van der Waals surface area contributed by atoms with Gasteiger partial charge in [0, 0.05) is 5.69 Å². The highest BCUT2D eigenvalue weighted by Gasteiger charge is 2.31. The largest absolute Gasteiger partial charge is 0.481 e. The Morgan fingerprint density at radius 3 is 2.22 bits per heavy atom. The molecule has 10 heteroatoms. The van der Waals surface area contributed by atoms with Gasteiger partial charge in [0.15, 0.2) is 11.9 Å². The first-order chi connectivity index (χ1) is 12.6. The predicted octanol–water partition coefficient (Wildman–Crippen LogP) is 1.90. The number of hydrogen-bond donors (Lipinski definition) is 3. The molecular weight excluding hydrogens is 366 g/mol. The Balaban J connectivity index is 2.78. The van der Waals surface area contributed by atoms with E-state index in [2.05, 4.69) is 10.6 Å². The number of ether oxygens (including phenoxy) is 1. The van der Waals surface area contributed by atoms with Crippen LogP contribution in [0.4, 0.5) is 19.3 Å². The van der Waals surface area contributed by atoms with Crippen molar-refractivity contribution >= 4 is 29.4 Å². The van der Waals surface area contributed by atoms with Crippen LogP contribution in [0, 0.1) is 11.7 Å². The van der Waals surface area contributed by atoms with Gasteiger partial charge in [-0.3, -0.25) is 19.7 Å². The van der Waals surface area contributed by atoms with Gasteiger partial charge >= 0.3 is 12.1 Å². The van der Waals surface area contributed by atoms with Crippen molar-refractivity contribution in [3.63, 3.8) is 0 Å². The summed E-state index contributed by atoms with van der Waals surface area (Å²) >= 11 is 0. The first-order valence-electron chi connectivity index (χ1n) is 7.98. The van der Waals surface area contributed by atoms with E-state index >= 15 is 0 Å². The van der Waals surface area contributed by atoms with E-state index in [-0.39, 0.29) is 5.69 Å². The molecule has 0 radical (unpaired) electrons. The maximum atomic E-state index is 12.9. The molecule has 0 heterocycles. The first kappa shape index (κ1) is 22.0. The molecule has 2 amide bonds. The second kappa shape index (κ2) is 10.2. The third-order valence-electron chi connectivity index (χ3n) is 3.40. The zero-order chi connectivity index (χ0) is 20.6. The van der Waals surface area contributed by atoms with Gasteiger partial charge in [0.1, 0.15) is 18.5 Å². The number of alkyl halides is 1. The Morgan fingerprint density at radius 2 is 1.74 bits per heavy atom. The van der Waals surface area contributed by atoms with Gasteiger partial charge in [-0.1, -0.05) is 13.8 Å². The number of carboxylic acid groups (broad SMARTS) is 1. The third-order valence-corrected chi connectivity index (χ3v) is 3.40. The lowest BCUT2D eigenvalue weighted by Gasteiger charge is -2.23. The molecule has 8 nitrogen and oxygen atoms in total. The molecule has 0 saturated heterocycles. The number of ketones is 1. The summed E-state index contributed by atoms with van der Waals surface area (Å²) in [6, 6.07) is 3.21. The van der Waals surface area contributed by atoms with Crippen LogP contribution in [0.5, 0.6) is 0 Å². The Morgan fingerprint density at radius 1 is 1.15 bits per heavy atom. The van der Waals surface area contributed by atoms with Crippen molar-refractivity contribution in [2.24, 2.45) is 5.92 Å². The molecule has 27 heavy (non-hydrogen) atoms. The van der Waals surface area contributed by atoms with Gasteiger partial charge in [-0.25, -0.2) is 13.6 Å².